The lowest BCUT2D eigenvalue weighted by Gasteiger charge is -2.22. The van der Waals surface area contributed by atoms with Gasteiger partial charge in [-0.2, -0.15) is 0 Å². The van der Waals surface area contributed by atoms with Crippen LogP contribution in [0.5, 0.6) is 0 Å². The predicted molar refractivity (Wildman–Crippen MR) is 95.9 cm³/mol. The second-order valence-electron chi connectivity index (χ2n) is 6.06. The van der Waals surface area contributed by atoms with E-state index >= 15 is 0 Å². The van der Waals surface area contributed by atoms with Crippen LogP contribution in [-0.2, 0) is 6.42 Å². The first kappa shape index (κ1) is 16.6. The van der Waals surface area contributed by atoms with Gasteiger partial charge in [0, 0.05) is 0 Å². The fourth-order valence-corrected chi connectivity index (χ4v) is 3.26. The Labute approximate surface area is 145 Å². The number of benzene rings is 2. The standard InChI is InChI=1S/C20H18N2O3/c1-4-6-13-11(2)9-10-12(3)17(13)22-19(24)15-8-5-7-14(18(21)23)16(15)20(22)25/h4-5,7-10H,1,6H2,2-3H3,(H2,21,23). The van der Waals surface area contributed by atoms with Gasteiger partial charge in [0.05, 0.1) is 22.4 Å². The van der Waals surface area contributed by atoms with E-state index in [-0.39, 0.29) is 16.7 Å². The largest absolute Gasteiger partial charge is 0.366 e. The average Bonchev–Trinajstić information content (AvgIpc) is 2.83. The van der Waals surface area contributed by atoms with Crippen molar-refractivity contribution in [3.63, 3.8) is 0 Å². The summed E-state index contributed by atoms with van der Waals surface area (Å²) in [6, 6.07) is 8.38. The minimum atomic E-state index is -0.730. The number of aryl methyl sites for hydroxylation is 2. The molecule has 0 atom stereocenters. The molecular formula is C20H18N2O3. The van der Waals surface area contributed by atoms with Crippen LogP contribution in [-0.4, -0.2) is 17.7 Å². The number of primary amides is 1. The van der Waals surface area contributed by atoms with Crippen LogP contribution in [0.4, 0.5) is 5.69 Å². The molecular weight excluding hydrogens is 316 g/mol. The van der Waals surface area contributed by atoms with Gasteiger partial charge in [-0.15, -0.1) is 6.58 Å². The fourth-order valence-electron chi connectivity index (χ4n) is 3.26. The quantitative estimate of drug-likeness (QED) is 0.689. The predicted octanol–water partition coefficient (Wildman–Crippen LogP) is 2.93. The summed E-state index contributed by atoms with van der Waals surface area (Å²) in [7, 11) is 0. The SMILES string of the molecule is C=CCc1c(C)ccc(C)c1N1C(=O)c2cccc(C(N)=O)c2C1=O. The van der Waals surface area contributed by atoms with E-state index in [2.05, 4.69) is 6.58 Å². The van der Waals surface area contributed by atoms with Gasteiger partial charge in [0.2, 0.25) is 5.91 Å². The maximum atomic E-state index is 13.0. The van der Waals surface area contributed by atoms with Gasteiger partial charge < -0.3 is 5.73 Å². The number of hydrogen-bond donors (Lipinski definition) is 1. The van der Waals surface area contributed by atoms with Crippen molar-refractivity contribution in [3.8, 4) is 0 Å². The van der Waals surface area contributed by atoms with E-state index in [0.717, 1.165) is 21.6 Å². The number of hydrogen-bond acceptors (Lipinski definition) is 3. The van der Waals surface area contributed by atoms with E-state index in [1.807, 2.05) is 26.0 Å². The van der Waals surface area contributed by atoms with Crippen molar-refractivity contribution in [2.24, 2.45) is 5.73 Å². The Morgan fingerprint density at radius 1 is 1.12 bits per heavy atom. The first-order valence-electron chi connectivity index (χ1n) is 7.90. The van der Waals surface area contributed by atoms with Gasteiger partial charge in [-0.1, -0.05) is 24.3 Å². The highest BCUT2D eigenvalue weighted by Crippen LogP contribution is 2.36. The Balaban J connectivity index is 2.25. The van der Waals surface area contributed by atoms with E-state index < -0.39 is 17.7 Å². The molecule has 126 valence electrons. The van der Waals surface area contributed by atoms with Crippen LogP contribution >= 0.6 is 0 Å². The van der Waals surface area contributed by atoms with Crippen LogP contribution in [0.25, 0.3) is 0 Å². The third kappa shape index (κ3) is 2.45. The van der Waals surface area contributed by atoms with Gasteiger partial charge in [0.1, 0.15) is 0 Å². The molecule has 0 saturated heterocycles. The average molecular weight is 334 g/mol. The highest BCUT2D eigenvalue weighted by Gasteiger charge is 2.40. The molecule has 5 nitrogen and oxygen atoms in total. The fraction of sp³-hybridized carbons (Fsp3) is 0.150. The molecule has 25 heavy (non-hydrogen) atoms. The summed E-state index contributed by atoms with van der Waals surface area (Å²) in [6.45, 7) is 7.53. The molecule has 0 unspecified atom stereocenters. The lowest BCUT2D eigenvalue weighted by atomic mass is 9.98. The van der Waals surface area contributed by atoms with Gasteiger partial charge in [0.15, 0.2) is 0 Å². The Hall–Kier alpha value is -3.21. The van der Waals surface area contributed by atoms with Gasteiger partial charge in [0.25, 0.3) is 11.8 Å². The van der Waals surface area contributed by atoms with Crippen molar-refractivity contribution < 1.29 is 14.4 Å². The van der Waals surface area contributed by atoms with Crippen LogP contribution in [0, 0.1) is 13.8 Å². The number of nitrogens with zero attached hydrogens (tertiary/aromatic N) is 1. The topological polar surface area (TPSA) is 80.5 Å². The summed E-state index contributed by atoms with van der Waals surface area (Å²) in [4.78, 5) is 38.8. The van der Waals surface area contributed by atoms with E-state index in [1.54, 1.807) is 18.2 Å². The minimum absolute atomic E-state index is 0.0638. The monoisotopic (exact) mass is 334 g/mol. The molecule has 0 aliphatic carbocycles. The number of allylic oxidation sites excluding steroid dienone is 1. The van der Waals surface area contributed by atoms with Crippen molar-refractivity contribution in [1.82, 2.24) is 0 Å². The molecule has 3 rings (SSSR count). The third-order valence-corrected chi connectivity index (χ3v) is 4.47. The molecule has 2 aromatic rings. The molecule has 0 spiro atoms. The molecule has 2 aromatic carbocycles. The molecule has 5 heteroatoms. The zero-order chi connectivity index (χ0) is 18.3. The molecule has 0 aromatic heterocycles. The Morgan fingerprint density at radius 2 is 1.80 bits per heavy atom. The first-order valence-corrected chi connectivity index (χ1v) is 7.90. The van der Waals surface area contributed by atoms with Gasteiger partial charge in [-0.25, -0.2) is 4.90 Å². The lowest BCUT2D eigenvalue weighted by molar-refractivity contribution is 0.0918. The van der Waals surface area contributed by atoms with Crippen LogP contribution < -0.4 is 10.6 Å². The second-order valence-corrected chi connectivity index (χ2v) is 6.06. The van der Waals surface area contributed by atoms with Crippen molar-refractivity contribution >= 4 is 23.4 Å². The summed E-state index contributed by atoms with van der Waals surface area (Å²) in [5.41, 5.74) is 8.91. The van der Waals surface area contributed by atoms with Gasteiger partial charge in [-0.3, -0.25) is 14.4 Å². The minimum Gasteiger partial charge on any atom is -0.366 e. The zero-order valence-corrected chi connectivity index (χ0v) is 14.1. The van der Waals surface area contributed by atoms with Crippen molar-refractivity contribution in [3.05, 3.63) is 76.4 Å². The molecule has 2 N–H and O–H groups in total. The molecule has 1 aliphatic heterocycles. The maximum Gasteiger partial charge on any atom is 0.266 e. The van der Waals surface area contributed by atoms with E-state index in [4.69, 9.17) is 5.73 Å². The normalized spacial score (nSPS) is 13.1. The van der Waals surface area contributed by atoms with Crippen molar-refractivity contribution in [2.75, 3.05) is 4.90 Å². The molecule has 0 bridgehead atoms. The van der Waals surface area contributed by atoms with Crippen LogP contribution in [0.1, 0.15) is 47.8 Å². The van der Waals surface area contributed by atoms with Crippen LogP contribution in [0.15, 0.2) is 43.0 Å². The summed E-state index contributed by atoms with van der Waals surface area (Å²) >= 11 is 0. The Bertz CT molecular complexity index is 944. The number of amides is 3. The summed E-state index contributed by atoms with van der Waals surface area (Å²) in [5, 5.41) is 0. The summed E-state index contributed by atoms with van der Waals surface area (Å²) in [5.74, 6) is -1.69. The second kappa shape index (κ2) is 6.02. The number of imide groups is 1. The molecule has 0 radical (unpaired) electrons. The third-order valence-electron chi connectivity index (χ3n) is 4.47. The summed E-state index contributed by atoms with van der Waals surface area (Å²) < 4.78 is 0. The maximum absolute atomic E-state index is 13.0. The number of carbonyl (C=O) groups excluding carboxylic acids is 3. The first-order chi connectivity index (χ1) is 11.9. The molecule has 1 heterocycles. The van der Waals surface area contributed by atoms with Gasteiger partial charge >= 0.3 is 0 Å². The number of rotatable bonds is 4. The molecule has 0 saturated carbocycles. The lowest BCUT2D eigenvalue weighted by Crippen LogP contribution is -2.31. The van der Waals surface area contributed by atoms with Crippen LogP contribution in [0.3, 0.4) is 0 Å². The number of nitrogens with two attached hydrogens (primary N) is 1. The molecule has 0 fully saturated rings. The highest BCUT2D eigenvalue weighted by molar-refractivity contribution is 6.36. The van der Waals surface area contributed by atoms with Crippen molar-refractivity contribution in [2.45, 2.75) is 20.3 Å². The van der Waals surface area contributed by atoms with Gasteiger partial charge in [-0.05, 0) is 49.1 Å². The molecule has 1 aliphatic rings. The van der Waals surface area contributed by atoms with Crippen molar-refractivity contribution in [1.29, 1.82) is 0 Å². The zero-order valence-electron chi connectivity index (χ0n) is 14.1. The number of anilines is 1. The van der Waals surface area contributed by atoms with E-state index in [0.29, 0.717) is 12.1 Å². The number of fused-ring (bicyclic) bond motifs is 1. The van der Waals surface area contributed by atoms with E-state index in [1.165, 1.54) is 6.07 Å². The highest BCUT2D eigenvalue weighted by atomic mass is 16.2. The smallest absolute Gasteiger partial charge is 0.266 e. The Morgan fingerprint density at radius 3 is 2.44 bits per heavy atom. The molecule has 3 amide bonds. The van der Waals surface area contributed by atoms with Crippen LogP contribution in [0.2, 0.25) is 0 Å². The van der Waals surface area contributed by atoms with E-state index in [9.17, 15) is 14.4 Å². The Kier molecular flexibility index (Phi) is 4.00. The number of carbonyl (C=O) groups is 3. The summed E-state index contributed by atoms with van der Waals surface area (Å²) in [6.07, 6.45) is 2.26.